The Morgan fingerprint density at radius 2 is 2.20 bits per heavy atom. The van der Waals surface area contributed by atoms with Crippen LogP contribution in [-0.4, -0.2) is 17.0 Å². The maximum atomic E-state index is 12.5. The van der Waals surface area contributed by atoms with Crippen LogP contribution in [0.5, 0.6) is 5.75 Å². The molecule has 0 saturated carbocycles. The van der Waals surface area contributed by atoms with Gasteiger partial charge in [0.25, 0.3) is 17.7 Å². The van der Waals surface area contributed by atoms with Crippen LogP contribution in [0.25, 0.3) is 0 Å². The number of nitrogens with one attached hydrogen (secondary N) is 1. The van der Waals surface area contributed by atoms with Crippen LogP contribution in [0.4, 0.5) is 14.5 Å². The van der Waals surface area contributed by atoms with Gasteiger partial charge in [-0.1, -0.05) is 0 Å². The highest BCUT2D eigenvalue weighted by atomic mass is 19.3. The molecule has 0 aliphatic rings. The summed E-state index contributed by atoms with van der Waals surface area (Å²) in [5, 5.41) is 10.4. The van der Waals surface area contributed by atoms with E-state index in [9.17, 15) is 23.7 Å². The second-order valence-electron chi connectivity index (χ2n) is 2.51. The lowest BCUT2D eigenvalue weighted by atomic mass is 10.2. The van der Waals surface area contributed by atoms with Gasteiger partial charge in [-0.05, 0) is 0 Å². The summed E-state index contributed by atoms with van der Waals surface area (Å²) in [5.41, 5.74) is -2.81. The number of alkyl halides is 2. The molecule has 1 N–H and O–H groups in total. The lowest BCUT2D eigenvalue weighted by molar-refractivity contribution is -0.386. The van der Waals surface area contributed by atoms with Crippen molar-refractivity contribution in [3.63, 3.8) is 0 Å². The fourth-order valence-electron chi connectivity index (χ4n) is 1.08. The fraction of sp³-hybridized carbons (Fsp3) is 0.286. The van der Waals surface area contributed by atoms with E-state index >= 15 is 0 Å². The number of H-pyrrole nitrogens is 1. The van der Waals surface area contributed by atoms with Crippen molar-refractivity contribution >= 4 is 5.69 Å². The van der Waals surface area contributed by atoms with Gasteiger partial charge in [-0.2, -0.15) is 0 Å². The Labute approximate surface area is 81.6 Å². The van der Waals surface area contributed by atoms with Crippen molar-refractivity contribution in [3.05, 3.63) is 32.2 Å². The molecule has 0 amide bonds. The standard InChI is InChI=1S/C7H6F2N2O4/c1-15-5-4(6(8)9)3(11(13)14)2-10-7(5)12/h2,6H,1H3,(H,10,12). The van der Waals surface area contributed by atoms with Crippen LogP contribution < -0.4 is 10.3 Å². The average molecular weight is 220 g/mol. The molecule has 6 nitrogen and oxygen atoms in total. The summed E-state index contributed by atoms with van der Waals surface area (Å²) < 4.78 is 29.4. The molecule has 0 bridgehead atoms. The molecule has 0 aromatic carbocycles. The molecule has 0 fully saturated rings. The zero-order chi connectivity index (χ0) is 11.6. The third-order valence-electron chi connectivity index (χ3n) is 1.69. The first kappa shape index (κ1) is 11.1. The Bertz CT molecular complexity index is 443. The summed E-state index contributed by atoms with van der Waals surface area (Å²) in [6, 6.07) is 0. The summed E-state index contributed by atoms with van der Waals surface area (Å²) >= 11 is 0. The molecule has 0 unspecified atom stereocenters. The average Bonchev–Trinajstić information content (AvgIpc) is 2.16. The van der Waals surface area contributed by atoms with Crippen LogP contribution >= 0.6 is 0 Å². The molecule has 0 saturated heterocycles. The summed E-state index contributed by atoms with van der Waals surface area (Å²) in [5.74, 6) is -0.737. The van der Waals surface area contributed by atoms with Gasteiger partial charge in [-0.15, -0.1) is 0 Å². The fourth-order valence-corrected chi connectivity index (χ4v) is 1.08. The van der Waals surface area contributed by atoms with E-state index in [0.717, 1.165) is 7.11 Å². The predicted octanol–water partition coefficient (Wildman–Crippen LogP) is 1.23. The zero-order valence-corrected chi connectivity index (χ0v) is 7.49. The van der Waals surface area contributed by atoms with E-state index in [-0.39, 0.29) is 0 Å². The molecule has 1 aromatic heterocycles. The van der Waals surface area contributed by atoms with Gasteiger partial charge in [0.2, 0.25) is 0 Å². The number of nitro groups is 1. The number of hydrogen-bond acceptors (Lipinski definition) is 4. The van der Waals surface area contributed by atoms with Crippen LogP contribution in [-0.2, 0) is 0 Å². The molecular weight excluding hydrogens is 214 g/mol. The van der Waals surface area contributed by atoms with Gasteiger partial charge in [0.1, 0.15) is 5.56 Å². The van der Waals surface area contributed by atoms with E-state index in [0.29, 0.717) is 6.20 Å². The molecule has 0 aliphatic carbocycles. The van der Waals surface area contributed by atoms with Crippen LogP contribution in [0, 0.1) is 10.1 Å². The quantitative estimate of drug-likeness (QED) is 0.613. The van der Waals surface area contributed by atoms with Gasteiger partial charge >= 0.3 is 0 Å². The van der Waals surface area contributed by atoms with E-state index in [1.807, 2.05) is 4.98 Å². The molecule has 15 heavy (non-hydrogen) atoms. The summed E-state index contributed by atoms with van der Waals surface area (Å²) in [7, 11) is 0.986. The third kappa shape index (κ3) is 1.92. The van der Waals surface area contributed by atoms with Crippen LogP contribution in [0.2, 0.25) is 0 Å². The Morgan fingerprint density at radius 3 is 2.60 bits per heavy atom. The molecule has 0 spiro atoms. The Morgan fingerprint density at radius 1 is 1.60 bits per heavy atom. The monoisotopic (exact) mass is 220 g/mol. The molecule has 0 atom stereocenters. The number of ether oxygens (including phenoxy) is 1. The molecule has 1 heterocycles. The number of aromatic amines is 1. The number of pyridine rings is 1. The van der Waals surface area contributed by atoms with Crippen molar-refractivity contribution in [2.75, 3.05) is 7.11 Å². The van der Waals surface area contributed by atoms with Gasteiger partial charge in [0.15, 0.2) is 5.75 Å². The van der Waals surface area contributed by atoms with Gasteiger partial charge in [0, 0.05) is 0 Å². The number of nitrogens with zero attached hydrogens (tertiary/aromatic N) is 1. The largest absolute Gasteiger partial charge is 0.491 e. The van der Waals surface area contributed by atoms with Crippen molar-refractivity contribution in [1.82, 2.24) is 4.98 Å². The van der Waals surface area contributed by atoms with E-state index in [2.05, 4.69) is 4.74 Å². The summed E-state index contributed by atoms with van der Waals surface area (Å²) in [4.78, 5) is 22.3. The summed E-state index contributed by atoms with van der Waals surface area (Å²) in [6.45, 7) is 0. The highest BCUT2D eigenvalue weighted by Crippen LogP contribution is 2.33. The van der Waals surface area contributed by atoms with Gasteiger partial charge in [0.05, 0.1) is 18.2 Å². The first-order valence-corrected chi connectivity index (χ1v) is 3.71. The van der Waals surface area contributed by atoms with E-state index in [4.69, 9.17) is 0 Å². The third-order valence-corrected chi connectivity index (χ3v) is 1.69. The van der Waals surface area contributed by atoms with Crippen LogP contribution in [0.3, 0.4) is 0 Å². The molecule has 1 aromatic rings. The second-order valence-corrected chi connectivity index (χ2v) is 2.51. The van der Waals surface area contributed by atoms with Gasteiger partial charge in [-0.3, -0.25) is 14.9 Å². The molecule has 82 valence electrons. The minimum Gasteiger partial charge on any atom is -0.491 e. The Hall–Kier alpha value is -1.99. The van der Waals surface area contributed by atoms with Crippen molar-refractivity contribution in [3.8, 4) is 5.75 Å². The molecule has 1 rings (SSSR count). The van der Waals surface area contributed by atoms with Gasteiger partial charge in [-0.25, -0.2) is 8.78 Å². The zero-order valence-electron chi connectivity index (χ0n) is 7.49. The number of rotatable bonds is 3. The first-order chi connectivity index (χ1) is 6.99. The smallest absolute Gasteiger partial charge is 0.298 e. The minimum absolute atomic E-state index is 0.617. The normalized spacial score (nSPS) is 10.4. The van der Waals surface area contributed by atoms with Crippen LogP contribution in [0.15, 0.2) is 11.0 Å². The van der Waals surface area contributed by atoms with E-state index in [1.165, 1.54) is 0 Å². The number of halogens is 2. The summed E-state index contributed by atoms with van der Waals surface area (Å²) in [6.07, 6.45) is -2.53. The Kier molecular flexibility index (Phi) is 2.98. The maximum Gasteiger partial charge on any atom is 0.298 e. The first-order valence-electron chi connectivity index (χ1n) is 3.71. The van der Waals surface area contributed by atoms with Crippen LogP contribution in [0.1, 0.15) is 12.0 Å². The number of methoxy groups -OCH3 is 1. The molecule has 0 aliphatic heterocycles. The molecule has 8 heteroatoms. The minimum atomic E-state index is -3.15. The maximum absolute atomic E-state index is 12.5. The van der Waals surface area contributed by atoms with Crippen molar-refractivity contribution in [1.29, 1.82) is 0 Å². The Balaban J connectivity index is 3.56. The number of aromatic nitrogens is 1. The highest BCUT2D eigenvalue weighted by molar-refractivity contribution is 5.47. The highest BCUT2D eigenvalue weighted by Gasteiger charge is 2.28. The number of hydrogen-bond donors (Lipinski definition) is 1. The predicted molar refractivity (Wildman–Crippen MR) is 45.2 cm³/mol. The molecular formula is C7H6F2N2O4. The second kappa shape index (κ2) is 4.03. The van der Waals surface area contributed by atoms with E-state index in [1.54, 1.807) is 0 Å². The van der Waals surface area contributed by atoms with Gasteiger partial charge < -0.3 is 9.72 Å². The SMILES string of the molecule is COc1c(C(F)F)c([N+](=O)[O-])c[nH]c1=O. The lowest BCUT2D eigenvalue weighted by Crippen LogP contribution is -2.13. The van der Waals surface area contributed by atoms with Crippen molar-refractivity contribution < 1.29 is 18.4 Å². The van der Waals surface area contributed by atoms with E-state index < -0.39 is 33.9 Å². The van der Waals surface area contributed by atoms with Crippen molar-refractivity contribution in [2.45, 2.75) is 6.43 Å². The van der Waals surface area contributed by atoms with Crippen molar-refractivity contribution in [2.24, 2.45) is 0 Å². The topological polar surface area (TPSA) is 85.2 Å². The lowest BCUT2D eigenvalue weighted by Gasteiger charge is -2.06. The molecule has 0 radical (unpaired) electrons.